The average Bonchev–Trinajstić information content (AvgIpc) is 2.33. The van der Waals surface area contributed by atoms with Crippen molar-refractivity contribution < 1.29 is 4.74 Å². The third-order valence-corrected chi connectivity index (χ3v) is 3.62. The molecule has 5 heteroatoms. The van der Waals surface area contributed by atoms with Crippen molar-refractivity contribution in [3.8, 4) is 5.75 Å². The van der Waals surface area contributed by atoms with Gasteiger partial charge in [0.05, 0.1) is 4.47 Å². The quantitative estimate of drug-likeness (QED) is 0.922. The van der Waals surface area contributed by atoms with Crippen LogP contribution >= 0.6 is 27.5 Å². The molecular weight excluding hydrogens is 304 g/mol. The molecule has 0 bridgehead atoms. The summed E-state index contributed by atoms with van der Waals surface area (Å²) < 4.78 is 6.63. The van der Waals surface area contributed by atoms with Gasteiger partial charge in [0.2, 0.25) is 0 Å². The second-order valence-corrected chi connectivity index (χ2v) is 5.31. The van der Waals surface area contributed by atoms with E-state index in [0.717, 1.165) is 42.9 Å². The third kappa shape index (κ3) is 4.14. The minimum atomic E-state index is 0.709. The lowest BCUT2D eigenvalue weighted by Gasteiger charge is -2.27. The van der Waals surface area contributed by atoms with E-state index in [1.807, 2.05) is 18.2 Å². The van der Waals surface area contributed by atoms with Crippen LogP contribution in [0.15, 0.2) is 22.7 Å². The molecule has 1 heterocycles. The molecule has 17 heavy (non-hydrogen) atoms. The molecule has 3 nitrogen and oxygen atoms in total. The number of piperazine rings is 1. The average molecular weight is 320 g/mol. The number of benzene rings is 1. The predicted molar refractivity (Wildman–Crippen MR) is 74.0 cm³/mol. The maximum Gasteiger partial charge on any atom is 0.133 e. The molecule has 0 aliphatic carbocycles. The molecule has 1 aliphatic rings. The molecule has 94 valence electrons. The lowest BCUT2D eigenvalue weighted by atomic mass is 10.3. The molecule has 1 fully saturated rings. The fourth-order valence-electron chi connectivity index (χ4n) is 1.81. The van der Waals surface area contributed by atoms with Gasteiger partial charge in [0.1, 0.15) is 12.4 Å². The normalized spacial score (nSPS) is 17.1. The lowest BCUT2D eigenvalue weighted by molar-refractivity contribution is 0.191. The van der Waals surface area contributed by atoms with Gasteiger partial charge in [-0.2, -0.15) is 0 Å². The van der Waals surface area contributed by atoms with E-state index < -0.39 is 0 Å². The Balaban J connectivity index is 1.77. The zero-order chi connectivity index (χ0) is 12.1. The highest BCUT2D eigenvalue weighted by Gasteiger charge is 2.09. The van der Waals surface area contributed by atoms with E-state index >= 15 is 0 Å². The summed E-state index contributed by atoms with van der Waals surface area (Å²) in [5.41, 5.74) is 0. The minimum Gasteiger partial charge on any atom is -0.491 e. The first-order chi connectivity index (χ1) is 8.25. The van der Waals surface area contributed by atoms with Gasteiger partial charge in [-0.05, 0) is 34.1 Å². The topological polar surface area (TPSA) is 24.5 Å². The fourth-order valence-corrected chi connectivity index (χ4v) is 2.61. The Morgan fingerprint density at radius 2 is 2.12 bits per heavy atom. The molecule has 0 amide bonds. The maximum absolute atomic E-state index is 5.87. The monoisotopic (exact) mass is 318 g/mol. The Morgan fingerprint density at radius 1 is 1.35 bits per heavy atom. The van der Waals surface area contributed by atoms with Gasteiger partial charge >= 0.3 is 0 Å². The summed E-state index contributed by atoms with van der Waals surface area (Å²) in [7, 11) is 0. The van der Waals surface area contributed by atoms with E-state index in [1.54, 1.807) is 0 Å². The number of ether oxygens (including phenoxy) is 1. The molecule has 1 aliphatic heterocycles. The molecule has 0 radical (unpaired) electrons. The van der Waals surface area contributed by atoms with E-state index in [1.165, 1.54) is 0 Å². The van der Waals surface area contributed by atoms with Crippen LogP contribution in [-0.4, -0.2) is 44.2 Å². The predicted octanol–water partition coefficient (Wildman–Crippen LogP) is 2.39. The van der Waals surface area contributed by atoms with Crippen molar-refractivity contribution in [3.05, 3.63) is 27.7 Å². The van der Waals surface area contributed by atoms with Crippen molar-refractivity contribution in [1.29, 1.82) is 0 Å². The molecule has 2 rings (SSSR count). The van der Waals surface area contributed by atoms with Crippen LogP contribution in [0.4, 0.5) is 0 Å². The molecule has 1 aromatic rings. The first-order valence-corrected chi connectivity index (χ1v) is 6.94. The molecule has 1 N–H and O–H groups in total. The summed E-state index contributed by atoms with van der Waals surface area (Å²) in [6.45, 7) is 6.03. The van der Waals surface area contributed by atoms with Crippen molar-refractivity contribution in [2.45, 2.75) is 0 Å². The first kappa shape index (κ1) is 13.1. The number of rotatable bonds is 4. The highest BCUT2D eigenvalue weighted by atomic mass is 79.9. The van der Waals surface area contributed by atoms with Crippen molar-refractivity contribution in [2.24, 2.45) is 0 Å². The Kier molecular flexibility index (Phi) is 5.10. The number of nitrogens with zero attached hydrogens (tertiary/aromatic N) is 1. The van der Waals surface area contributed by atoms with Crippen LogP contribution in [0, 0.1) is 0 Å². The molecule has 0 spiro atoms. The van der Waals surface area contributed by atoms with Crippen molar-refractivity contribution in [3.63, 3.8) is 0 Å². The molecule has 0 saturated carbocycles. The number of hydrogen-bond acceptors (Lipinski definition) is 3. The van der Waals surface area contributed by atoms with Crippen molar-refractivity contribution in [2.75, 3.05) is 39.3 Å². The van der Waals surface area contributed by atoms with Crippen molar-refractivity contribution >= 4 is 27.5 Å². The SMILES string of the molecule is Clc1ccc(OCCN2CCNCC2)c(Br)c1. The standard InChI is InChI=1S/C12H16BrClN2O/c13-11-9-10(14)1-2-12(11)17-8-7-16-5-3-15-4-6-16/h1-2,9,15H,3-8H2. The van der Waals surface area contributed by atoms with Gasteiger partial charge in [0.25, 0.3) is 0 Å². The van der Waals surface area contributed by atoms with Gasteiger partial charge < -0.3 is 10.1 Å². The summed E-state index contributed by atoms with van der Waals surface area (Å²) in [6.07, 6.45) is 0. The second-order valence-electron chi connectivity index (χ2n) is 4.01. The van der Waals surface area contributed by atoms with E-state index in [-0.39, 0.29) is 0 Å². The van der Waals surface area contributed by atoms with Gasteiger partial charge in [0, 0.05) is 37.7 Å². The summed E-state index contributed by atoms with van der Waals surface area (Å²) >= 11 is 9.31. The van der Waals surface area contributed by atoms with Gasteiger partial charge in [0.15, 0.2) is 0 Å². The van der Waals surface area contributed by atoms with Crippen molar-refractivity contribution in [1.82, 2.24) is 10.2 Å². The Labute approximate surface area is 115 Å². The van der Waals surface area contributed by atoms with Crippen LogP contribution in [0.5, 0.6) is 5.75 Å². The van der Waals surface area contributed by atoms with E-state index in [4.69, 9.17) is 16.3 Å². The zero-order valence-corrected chi connectivity index (χ0v) is 11.9. The van der Waals surface area contributed by atoms with E-state index in [0.29, 0.717) is 11.6 Å². The molecule has 1 saturated heterocycles. The van der Waals surface area contributed by atoms with E-state index in [2.05, 4.69) is 26.1 Å². The van der Waals surface area contributed by atoms with Crippen LogP contribution in [0.1, 0.15) is 0 Å². The summed E-state index contributed by atoms with van der Waals surface area (Å²) in [4.78, 5) is 2.40. The summed E-state index contributed by atoms with van der Waals surface area (Å²) in [6, 6.07) is 5.58. The first-order valence-electron chi connectivity index (χ1n) is 5.76. The smallest absolute Gasteiger partial charge is 0.133 e. The molecule has 0 atom stereocenters. The number of halogens is 2. The fraction of sp³-hybridized carbons (Fsp3) is 0.500. The Morgan fingerprint density at radius 3 is 2.82 bits per heavy atom. The third-order valence-electron chi connectivity index (χ3n) is 2.77. The lowest BCUT2D eigenvalue weighted by Crippen LogP contribution is -2.44. The molecular formula is C12H16BrClN2O. The van der Waals surface area contributed by atoms with Gasteiger partial charge in [-0.25, -0.2) is 0 Å². The van der Waals surface area contributed by atoms with Crippen LogP contribution in [0.25, 0.3) is 0 Å². The maximum atomic E-state index is 5.87. The number of hydrogen-bond donors (Lipinski definition) is 1. The highest BCUT2D eigenvalue weighted by molar-refractivity contribution is 9.10. The van der Waals surface area contributed by atoms with Gasteiger partial charge in [-0.15, -0.1) is 0 Å². The van der Waals surface area contributed by atoms with Crippen LogP contribution in [0.2, 0.25) is 5.02 Å². The molecule has 0 unspecified atom stereocenters. The van der Waals surface area contributed by atoms with Crippen LogP contribution < -0.4 is 10.1 Å². The largest absolute Gasteiger partial charge is 0.491 e. The summed E-state index contributed by atoms with van der Waals surface area (Å²) in [5, 5.41) is 4.05. The molecule has 0 aromatic heterocycles. The zero-order valence-electron chi connectivity index (χ0n) is 9.59. The van der Waals surface area contributed by atoms with E-state index in [9.17, 15) is 0 Å². The Bertz CT molecular complexity index is 370. The molecule has 1 aromatic carbocycles. The number of nitrogens with one attached hydrogen (secondary N) is 1. The van der Waals surface area contributed by atoms with Crippen LogP contribution in [-0.2, 0) is 0 Å². The summed E-state index contributed by atoms with van der Waals surface area (Å²) in [5.74, 6) is 0.851. The highest BCUT2D eigenvalue weighted by Crippen LogP contribution is 2.27. The second kappa shape index (κ2) is 6.59. The van der Waals surface area contributed by atoms with Gasteiger partial charge in [-0.1, -0.05) is 11.6 Å². The Hall–Kier alpha value is -0.290. The minimum absolute atomic E-state index is 0.709. The van der Waals surface area contributed by atoms with Gasteiger partial charge in [-0.3, -0.25) is 4.90 Å². The van der Waals surface area contributed by atoms with Crippen LogP contribution in [0.3, 0.4) is 0 Å².